The quantitative estimate of drug-likeness (QED) is 0.459. The van der Waals surface area contributed by atoms with Crippen LogP contribution in [0, 0.1) is 0 Å². The summed E-state index contributed by atoms with van der Waals surface area (Å²) in [5.41, 5.74) is 3.30. The predicted octanol–water partition coefficient (Wildman–Crippen LogP) is 5.56. The van der Waals surface area contributed by atoms with E-state index in [1.54, 1.807) is 20.4 Å². The van der Waals surface area contributed by atoms with Gasteiger partial charge in [0.2, 0.25) is 0 Å². The van der Waals surface area contributed by atoms with Gasteiger partial charge in [0.25, 0.3) is 0 Å². The maximum absolute atomic E-state index is 11.1. The molecule has 2 aromatic carbocycles. The average molecular weight is 479 g/mol. The van der Waals surface area contributed by atoms with E-state index in [4.69, 9.17) is 21.1 Å². The van der Waals surface area contributed by atoms with Gasteiger partial charge in [0.1, 0.15) is 11.5 Å². The van der Waals surface area contributed by atoms with Crippen LogP contribution in [-0.2, 0) is 5.60 Å². The first kappa shape index (κ1) is 24.3. The fraction of sp³-hybridized carbons (Fsp3) is 0.321. The molecule has 0 bridgehead atoms. The summed E-state index contributed by atoms with van der Waals surface area (Å²) in [6.45, 7) is 2.61. The highest BCUT2D eigenvalue weighted by atomic mass is 35.5. The predicted molar refractivity (Wildman–Crippen MR) is 137 cm³/mol. The zero-order chi connectivity index (χ0) is 24.0. The Bertz CT molecular complexity index is 1110. The van der Waals surface area contributed by atoms with Gasteiger partial charge in [0, 0.05) is 54.2 Å². The van der Waals surface area contributed by atoms with Crippen molar-refractivity contribution in [3.05, 3.63) is 94.8 Å². The van der Waals surface area contributed by atoms with Gasteiger partial charge in [-0.15, -0.1) is 0 Å². The molecule has 0 aliphatic carbocycles. The molecule has 1 aliphatic heterocycles. The Balaban J connectivity index is 1.46. The van der Waals surface area contributed by atoms with Crippen LogP contribution in [0.4, 0.5) is 0 Å². The zero-order valence-electron chi connectivity index (χ0n) is 19.7. The van der Waals surface area contributed by atoms with Crippen LogP contribution in [0.5, 0.6) is 11.5 Å². The van der Waals surface area contributed by atoms with Crippen molar-refractivity contribution in [1.29, 1.82) is 0 Å². The number of hydrogen-bond acceptors (Lipinski definition) is 5. The Morgan fingerprint density at radius 2 is 1.85 bits per heavy atom. The van der Waals surface area contributed by atoms with Crippen molar-refractivity contribution in [2.24, 2.45) is 0 Å². The van der Waals surface area contributed by atoms with E-state index >= 15 is 0 Å². The van der Waals surface area contributed by atoms with Gasteiger partial charge in [-0.25, -0.2) is 0 Å². The summed E-state index contributed by atoms with van der Waals surface area (Å²) in [5.74, 6) is 1.52. The fourth-order valence-electron chi connectivity index (χ4n) is 4.51. The first-order valence-electron chi connectivity index (χ1n) is 11.6. The lowest BCUT2D eigenvalue weighted by atomic mass is 9.84. The molecule has 3 aromatic rings. The van der Waals surface area contributed by atoms with Gasteiger partial charge in [0.15, 0.2) is 0 Å². The van der Waals surface area contributed by atoms with Crippen molar-refractivity contribution in [3.63, 3.8) is 0 Å². The van der Waals surface area contributed by atoms with Crippen molar-refractivity contribution in [3.8, 4) is 11.5 Å². The summed E-state index contributed by atoms with van der Waals surface area (Å²) in [6.07, 6.45) is 8.20. The Kier molecular flexibility index (Phi) is 7.88. The van der Waals surface area contributed by atoms with Gasteiger partial charge in [-0.3, -0.25) is 4.98 Å². The molecule has 1 fully saturated rings. The average Bonchev–Trinajstić information content (AvgIpc) is 2.88. The van der Waals surface area contributed by atoms with E-state index < -0.39 is 5.60 Å². The van der Waals surface area contributed by atoms with E-state index in [9.17, 15) is 5.11 Å². The van der Waals surface area contributed by atoms with Crippen LogP contribution in [-0.4, -0.2) is 48.8 Å². The van der Waals surface area contributed by atoms with E-state index in [1.165, 1.54) is 0 Å². The van der Waals surface area contributed by atoms with Crippen LogP contribution in [0.2, 0.25) is 5.02 Å². The number of pyridine rings is 1. The van der Waals surface area contributed by atoms with Gasteiger partial charge < -0.3 is 19.5 Å². The van der Waals surface area contributed by atoms with Crippen molar-refractivity contribution < 1.29 is 14.6 Å². The van der Waals surface area contributed by atoms with Crippen molar-refractivity contribution in [2.75, 3.05) is 33.9 Å². The topological polar surface area (TPSA) is 54.8 Å². The number of benzene rings is 2. The summed E-state index contributed by atoms with van der Waals surface area (Å²) in [4.78, 5) is 6.73. The fourth-order valence-corrected chi connectivity index (χ4v) is 4.64. The molecule has 1 saturated heterocycles. The number of ether oxygens (including phenoxy) is 2. The van der Waals surface area contributed by atoms with Crippen LogP contribution >= 0.6 is 11.6 Å². The molecule has 34 heavy (non-hydrogen) atoms. The number of piperidine rings is 1. The molecule has 0 unspecified atom stereocenters. The molecule has 1 aliphatic rings. The van der Waals surface area contributed by atoms with Gasteiger partial charge >= 0.3 is 0 Å². The minimum Gasteiger partial charge on any atom is -0.497 e. The number of aliphatic hydroxyl groups is 1. The first-order valence-corrected chi connectivity index (χ1v) is 11.9. The van der Waals surface area contributed by atoms with Gasteiger partial charge in [0.05, 0.1) is 19.8 Å². The van der Waals surface area contributed by atoms with E-state index in [0.29, 0.717) is 17.9 Å². The van der Waals surface area contributed by atoms with Crippen LogP contribution in [0.25, 0.3) is 5.57 Å². The monoisotopic (exact) mass is 478 g/mol. The number of nitrogens with zero attached hydrogens (tertiary/aromatic N) is 2. The van der Waals surface area contributed by atoms with Crippen LogP contribution < -0.4 is 9.47 Å². The first-order chi connectivity index (χ1) is 16.5. The third-order valence-corrected chi connectivity index (χ3v) is 6.78. The van der Waals surface area contributed by atoms with Crippen molar-refractivity contribution in [2.45, 2.75) is 24.9 Å². The van der Waals surface area contributed by atoms with E-state index in [-0.39, 0.29) is 0 Å². The molecule has 0 radical (unpaired) electrons. The van der Waals surface area contributed by atoms with Gasteiger partial charge in [-0.1, -0.05) is 35.9 Å². The highest BCUT2D eigenvalue weighted by Crippen LogP contribution is 2.35. The lowest BCUT2D eigenvalue weighted by molar-refractivity contribution is -0.0254. The lowest BCUT2D eigenvalue weighted by Gasteiger charge is -2.38. The molecule has 4 rings (SSSR count). The summed E-state index contributed by atoms with van der Waals surface area (Å²) < 4.78 is 11.0. The Morgan fingerprint density at radius 3 is 2.50 bits per heavy atom. The van der Waals surface area contributed by atoms with E-state index in [0.717, 1.165) is 59.8 Å². The van der Waals surface area contributed by atoms with Crippen LogP contribution in [0.1, 0.15) is 36.0 Å². The molecular weight excluding hydrogens is 448 g/mol. The van der Waals surface area contributed by atoms with Gasteiger partial charge in [-0.2, -0.15) is 0 Å². The molecule has 0 amide bonds. The van der Waals surface area contributed by atoms with Crippen LogP contribution in [0.15, 0.2) is 73.1 Å². The maximum atomic E-state index is 11.1. The lowest BCUT2D eigenvalue weighted by Crippen LogP contribution is -2.42. The highest BCUT2D eigenvalue weighted by molar-refractivity contribution is 6.30. The number of likely N-dealkylation sites (tertiary alicyclic amines) is 1. The molecule has 2 heterocycles. The zero-order valence-corrected chi connectivity index (χ0v) is 20.5. The highest BCUT2D eigenvalue weighted by Gasteiger charge is 2.33. The molecule has 1 N–H and O–H groups in total. The minimum atomic E-state index is -0.783. The molecule has 5 nitrogen and oxygen atoms in total. The van der Waals surface area contributed by atoms with Gasteiger partial charge in [-0.05, 0) is 60.7 Å². The maximum Gasteiger partial charge on any atom is 0.130 e. The third-order valence-electron chi connectivity index (χ3n) is 6.53. The van der Waals surface area contributed by atoms with Crippen molar-refractivity contribution in [1.82, 2.24) is 9.88 Å². The number of hydrogen-bond donors (Lipinski definition) is 1. The van der Waals surface area contributed by atoms with E-state index in [1.807, 2.05) is 54.7 Å². The normalized spacial score (nSPS) is 16.3. The standard InChI is InChI=1S/C28H31ClN2O3/c1-33-24-11-12-26(27(19-24)34-2)25(21-5-3-15-30-20-21)6-4-16-31-17-13-28(32,14-18-31)22-7-9-23(29)10-8-22/h3,5-12,15,19-20,32H,4,13-14,16-18H2,1-2H3/b25-6-. The molecule has 1 aromatic heterocycles. The Hall–Kier alpha value is -2.86. The number of aromatic nitrogens is 1. The second kappa shape index (κ2) is 11.0. The van der Waals surface area contributed by atoms with Crippen LogP contribution in [0.3, 0.4) is 0 Å². The minimum absolute atomic E-state index is 0.689. The second-order valence-electron chi connectivity index (χ2n) is 8.59. The molecule has 0 spiro atoms. The molecule has 0 atom stereocenters. The summed E-state index contributed by atoms with van der Waals surface area (Å²) in [5, 5.41) is 11.8. The number of halogens is 1. The molecule has 0 saturated carbocycles. The number of rotatable bonds is 8. The summed E-state index contributed by atoms with van der Waals surface area (Å²) in [7, 11) is 3.33. The molecule has 178 valence electrons. The smallest absolute Gasteiger partial charge is 0.130 e. The SMILES string of the molecule is COc1ccc(/C(=C\CCN2CCC(O)(c3ccc(Cl)cc3)CC2)c2cccnc2)c(OC)c1. The molecular formula is C28H31ClN2O3. The second-order valence-corrected chi connectivity index (χ2v) is 9.03. The van der Waals surface area contributed by atoms with Crippen molar-refractivity contribution >= 4 is 17.2 Å². The number of methoxy groups -OCH3 is 2. The van der Waals surface area contributed by atoms with E-state index in [2.05, 4.69) is 22.0 Å². The Labute approximate surface area is 206 Å². The summed E-state index contributed by atoms with van der Waals surface area (Å²) >= 11 is 6.01. The largest absolute Gasteiger partial charge is 0.497 e. The summed E-state index contributed by atoms with van der Waals surface area (Å²) in [6, 6.07) is 17.5. The Morgan fingerprint density at radius 1 is 1.09 bits per heavy atom. The molecule has 6 heteroatoms. The third kappa shape index (κ3) is 5.61.